The predicted octanol–water partition coefficient (Wildman–Crippen LogP) is 4.18. The van der Waals surface area contributed by atoms with Crippen molar-refractivity contribution in [2.75, 3.05) is 20.1 Å². The third-order valence-electron chi connectivity index (χ3n) is 3.51. The molecule has 2 rings (SSSR count). The Morgan fingerprint density at radius 1 is 1.30 bits per heavy atom. The highest BCUT2D eigenvalue weighted by molar-refractivity contribution is 7.09. The minimum absolute atomic E-state index is 0.372. The summed E-state index contributed by atoms with van der Waals surface area (Å²) in [6.07, 6.45) is 0. The van der Waals surface area contributed by atoms with Crippen molar-refractivity contribution >= 4 is 22.9 Å². The van der Waals surface area contributed by atoms with E-state index in [1.54, 1.807) is 11.3 Å². The average molecular weight is 309 g/mol. The van der Waals surface area contributed by atoms with E-state index in [0.717, 1.165) is 24.7 Å². The Kier molecular flexibility index (Phi) is 6.05. The molecule has 1 heterocycles. The lowest BCUT2D eigenvalue weighted by Crippen LogP contribution is -2.30. The van der Waals surface area contributed by atoms with Crippen molar-refractivity contribution in [3.05, 3.63) is 57.2 Å². The van der Waals surface area contributed by atoms with Crippen LogP contribution in [0, 0.1) is 0 Å². The van der Waals surface area contributed by atoms with Crippen LogP contribution in [0.2, 0.25) is 5.02 Å². The van der Waals surface area contributed by atoms with Crippen molar-refractivity contribution in [3.8, 4) is 0 Å². The van der Waals surface area contributed by atoms with Gasteiger partial charge in [-0.25, -0.2) is 0 Å². The van der Waals surface area contributed by atoms with E-state index >= 15 is 0 Å². The average Bonchev–Trinajstić information content (AvgIpc) is 2.95. The van der Waals surface area contributed by atoms with E-state index in [0.29, 0.717) is 6.04 Å². The van der Waals surface area contributed by atoms with Crippen LogP contribution in [0.5, 0.6) is 0 Å². The molecule has 0 fully saturated rings. The highest BCUT2D eigenvalue weighted by atomic mass is 35.5. The first-order chi connectivity index (χ1) is 9.66. The molecule has 20 heavy (non-hydrogen) atoms. The predicted molar refractivity (Wildman–Crippen MR) is 88.5 cm³/mol. The van der Waals surface area contributed by atoms with Crippen molar-refractivity contribution in [1.29, 1.82) is 0 Å². The SMILES string of the molecule is CC(c1cccc(Cl)c1)N(C)CCNCc1cccs1. The fraction of sp³-hybridized carbons (Fsp3) is 0.375. The second-order valence-electron chi connectivity index (χ2n) is 4.97. The maximum Gasteiger partial charge on any atom is 0.0409 e. The van der Waals surface area contributed by atoms with Gasteiger partial charge in [0.05, 0.1) is 0 Å². The molecule has 108 valence electrons. The van der Waals surface area contributed by atoms with Gasteiger partial charge in [0.2, 0.25) is 0 Å². The van der Waals surface area contributed by atoms with Gasteiger partial charge in [0.25, 0.3) is 0 Å². The van der Waals surface area contributed by atoms with Crippen molar-refractivity contribution in [2.45, 2.75) is 19.5 Å². The molecule has 0 saturated heterocycles. The molecule has 1 atom stereocenters. The maximum absolute atomic E-state index is 6.05. The highest BCUT2D eigenvalue weighted by Crippen LogP contribution is 2.21. The van der Waals surface area contributed by atoms with E-state index in [9.17, 15) is 0 Å². The van der Waals surface area contributed by atoms with Gasteiger partial charge in [-0.1, -0.05) is 29.8 Å². The first-order valence-electron chi connectivity index (χ1n) is 6.85. The number of nitrogens with one attached hydrogen (secondary N) is 1. The molecule has 1 aromatic heterocycles. The van der Waals surface area contributed by atoms with E-state index in [2.05, 4.69) is 47.8 Å². The van der Waals surface area contributed by atoms with Crippen LogP contribution in [0.3, 0.4) is 0 Å². The van der Waals surface area contributed by atoms with E-state index in [4.69, 9.17) is 11.6 Å². The van der Waals surface area contributed by atoms with Crippen molar-refractivity contribution in [1.82, 2.24) is 10.2 Å². The van der Waals surface area contributed by atoms with Gasteiger partial charge in [-0.05, 0) is 43.1 Å². The van der Waals surface area contributed by atoms with Crippen molar-refractivity contribution in [3.63, 3.8) is 0 Å². The topological polar surface area (TPSA) is 15.3 Å². The molecule has 0 amide bonds. The van der Waals surface area contributed by atoms with E-state index in [1.165, 1.54) is 10.4 Å². The molecule has 0 aliphatic rings. The number of rotatable bonds is 7. The second-order valence-corrected chi connectivity index (χ2v) is 6.44. The molecule has 0 aliphatic carbocycles. The van der Waals surface area contributed by atoms with Gasteiger partial charge in [0, 0.05) is 35.6 Å². The largest absolute Gasteiger partial charge is 0.311 e. The minimum Gasteiger partial charge on any atom is -0.311 e. The molecule has 1 unspecified atom stereocenters. The second kappa shape index (κ2) is 7.79. The van der Waals surface area contributed by atoms with Gasteiger partial charge >= 0.3 is 0 Å². The summed E-state index contributed by atoms with van der Waals surface area (Å²) in [6, 6.07) is 12.7. The van der Waals surface area contributed by atoms with Crippen LogP contribution in [0.1, 0.15) is 23.4 Å². The molecule has 2 nitrogen and oxygen atoms in total. The summed E-state index contributed by atoms with van der Waals surface area (Å²) in [4.78, 5) is 3.73. The standard InChI is InChI=1S/C16H21ClN2S/c1-13(14-5-3-6-15(17)11-14)19(2)9-8-18-12-16-7-4-10-20-16/h3-7,10-11,13,18H,8-9,12H2,1-2H3. The maximum atomic E-state index is 6.05. The summed E-state index contributed by atoms with van der Waals surface area (Å²) < 4.78 is 0. The molecule has 0 bridgehead atoms. The van der Waals surface area contributed by atoms with Gasteiger partial charge in [-0.15, -0.1) is 11.3 Å². The molecule has 0 aliphatic heterocycles. The van der Waals surface area contributed by atoms with Crippen LogP contribution >= 0.6 is 22.9 Å². The third kappa shape index (κ3) is 4.60. The zero-order valence-corrected chi connectivity index (χ0v) is 13.5. The Morgan fingerprint density at radius 2 is 2.15 bits per heavy atom. The van der Waals surface area contributed by atoms with Crippen molar-refractivity contribution in [2.24, 2.45) is 0 Å². The van der Waals surface area contributed by atoms with Gasteiger partial charge in [0.1, 0.15) is 0 Å². The number of thiophene rings is 1. The molecule has 1 N–H and O–H groups in total. The fourth-order valence-electron chi connectivity index (χ4n) is 2.09. The summed E-state index contributed by atoms with van der Waals surface area (Å²) in [7, 11) is 2.15. The van der Waals surface area contributed by atoms with Gasteiger partial charge in [0.15, 0.2) is 0 Å². The number of benzene rings is 1. The van der Waals surface area contributed by atoms with Crippen LogP contribution in [0.15, 0.2) is 41.8 Å². The third-order valence-corrected chi connectivity index (χ3v) is 4.62. The smallest absolute Gasteiger partial charge is 0.0409 e. The molecule has 0 spiro atoms. The number of hydrogen-bond acceptors (Lipinski definition) is 3. The Bertz CT molecular complexity index is 513. The Balaban J connectivity index is 1.75. The first-order valence-corrected chi connectivity index (χ1v) is 8.11. The quantitative estimate of drug-likeness (QED) is 0.772. The monoisotopic (exact) mass is 308 g/mol. The van der Waals surface area contributed by atoms with Crippen LogP contribution in [0.25, 0.3) is 0 Å². The molecule has 2 aromatic rings. The zero-order chi connectivity index (χ0) is 14.4. The number of hydrogen-bond donors (Lipinski definition) is 1. The fourth-order valence-corrected chi connectivity index (χ4v) is 2.97. The Hall–Kier alpha value is -0.870. The van der Waals surface area contributed by atoms with E-state index in [1.807, 2.05) is 18.2 Å². The summed E-state index contributed by atoms with van der Waals surface area (Å²) in [5, 5.41) is 6.40. The lowest BCUT2D eigenvalue weighted by atomic mass is 10.1. The van der Waals surface area contributed by atoms with E-state index < -0.39 is 0 Å². The summed E-state index contributed by atoms with van der Waals surface area (Å²) in [6.45, 7) is 5.17. The summed E-state index contributed by atoms with van der Waals surface area (Å²) >= 11 is 7.84. The van der Waals surface area contributed by atoms with Crippen LogP contribution in [-0.2, 0) is 6.54 Å². The van der Waals surface area contributed by atoms with Gasteiger partial charge < -0.3 is 5.32 Å². The molecule has 0 radical (unpaired) electrons. The number of nitrogens with zero attached hydrogens (tertiary/aromatic N) is 1. The zero-order valence-electron chi connectivity index (χ0n) is 12.0. The highest BCUT2D eigenvalue weighted by Gasteiger charge is 2.11. The van der Waals surface area contributed by atoms with Gasteiger partial charge in [-0.3, -0.25) is 4.90 Å². The molecular weight excluding hydrogens is 288 g/mol. The van der Waals surface area contributed by atoms with Crippen LogP contribution in [0.4, 0.5) is 0 Å². The molecule has 0 saturated carbocycles. The van der Waals surface area contributed by atoms with Crippen molar-refractivity contribution < 1.29 is 0 Å². The normalized spacial score (nSPS) is 12.8. The molecular formula is C16H21ClN2S. The van der Waals surface area contributed by atoms with Crippen LogP contribution < -0.4 is 5.32 Å². The summed E-state index contributed by atoms with van der Waals surface area (Å²) in [5.41, 5.74) is 1.26. The summed E-state index contributed by atoms with van der Waals surface area (Å²) in [5.74, 6) is 0. The number of likely N-dealkylation sites (N-methyl/N-ethyl adjacent to an activating group) is 1. The van der Waals surface area contributed by atoms with Crippen LogP contribution in [-0.4, -0.2) is 25.0 Å². The minimum atomic E-state index is 0.372. The molecule has 4 heteroatoms. The van der Waals surface area contributed by atoms with E-state index in [-0.39, 0.29) is 0 Å². The Morgan fingerprint density at radius 3 is 2.85 bits per heavy atom. The molecule has 1 aromatic carbocycles. The Labute approximate surface area is 130 Å². The lowest BCUT2D eigenvalue weighted by molar-refractivity contribution is 0.261. The number of halogens is 1. The lowest BCUT2D eigenvalue weighted by Gasteiger charge is -2.25. The van der Waals surface area contributed by atoms with Gasteiger partial charge in [-0.2, -0.15) is 0 Å². The first kappa shape index (κ1) is 15.5.